The Labute approximate surface area is 234 Å². The summed E-state index contributed by atoms with van der Waals surface area (Å²) in [7, 11) is 0. The van der Waals surface area contributed by atoms with Gasteiger partial charge in [-0.3, -0.25) is 29.0 Å². The smallest absolute Gasteiger partial charge is 0.306 e. The number of nitrogens with one attached hydrogen (secondary N) is 1. The molecule has 0 saturated heterocycles. The lowest BCUT2D eigenvalue weighted by molar-refractivity contribution is -0.173. The summed E-state index contributed by atoms with van der Waals surface area (Å²) in [6.07, 6.45) is 8.26. The van der Waals surface area contributed by atoms with Gasteiger partial charge in [0.2, 0.25) is 11.7 Å². The fourth-order valence-electron chi connectivity index (χ4n) is 8.19. The van der Waals surface area contributed by atoms with E-state index in [1.54, 1.807) is 30.6 Å². The Morgan fingerprint density at radius 3 is 2.58 bits per heavy atom. The molecule has 2 N–H and O–H groups in total. The van der Waals surface area contributed by atoms with Gasteiger partial charge in [-0.1, -0.05) is 19.4 Å². The molecule has 0 spiro atoms. The second-order valence-electron chi connectivity index (χ2n) is 12.5. The van der Waals surface area contributed by atoms with E-state index in [2.05, 4.69) is 17.2 Å². The molecule has 0 aliphatic heterocycles. The van der Waals surface area contributed by atoms with Crippen LogP contribution in [0.15, 0.2) is 36.2 Å². The molecule has 214 valence electrons. The fourth-order valence-corrected chi connectivity index (χ4v) is 8.19. The molecule has 40 heavy (non-hydrogen) atoms. The number of carbonyl (C=O) groups is 5. The first kappa shape index (κ1) is 28.3. The zero-order valence-electron chi connectivity index (χ0n) is 23.2. The maximum absolute atomic E-state index is 13.7. The lowest BCUT2D eigenvalue weighted by atomic mass is 9.46. The van der Waals surface area contributed by atoms with Crippen LogP contribution in [0.2, 0.25) is 0 Å². The van der Waals surface area contributed by atoms with Gasteiger partial charge in [0.25, 0.3) is 0 Å². The molecule has 6 atom stereocenters. The fraction of sp³-hybridized carbons (Fsp3) is 0.613. The van der Waals surface area contributed by atoms with Crippen molar-refractivity contribution in [3.8, 4) is 0 Å². The maximum atomic E-state index is 13.7. The zero-order valence-corrected chi connectivity index (χ0v) is 23.2. The molecule has 1 aromatic rings. The summed E-state index contributed by atoms with van der Waals surface area (Å²) in [6.45, 7) is 3.67. The van der Waals surface area contributed by atoms with E-state index in [9.17, 15) is 29.1 Å². The van der Waals surface area contributed by atoms with E-state index in [4.69, 9.17) is 4.74 Å². The highest BCUT2D eigenvalue weighted by atomic mass is 16.5. The molecule has 5 rings (SSSR count). The minimum absolute atomic E-state index is 0.0139. The lowest BCUT2D eigenvalue weighted by Gasteiger charge is -2.57. The molecule has 3 saturated carbocycles. The van der Waals surface area contributed by atoms with Crippen molar-refractivity contribution in [2.75, 3.05) is 6.61 Å². The van der Waals surface area contributed by atoms with E-state index in [0.717, 1.165) is 24.0 Å². The molecule has 0 radical (unpaired) electrons. The third-order valence-corrected chi connectivity index (χ3v) is 10.4. The molecule has 1 amide bonds. The van der Waals surface area contributed by atoms with E-state index in [1.807, 2.05) is 6.92 Å². The van der Waals surface area contributed by atoms with Crippen molar-refractivity contribution in [3.05, 3.63) is 41.7 Å². The Morgan fingerprint density at radius 1 is 1.07 bits per heavy atom. The van der Waals surface area contributed by atoms with Gasteiger partial charge >= 0.3 is 5.97 Å². The Kier molecular flexibility index (Phi) is 7.54. The van der Waals surface area contributed by atoms with Gasteiger partial charge in [-0.15, -0.1) is 0 Å². The number of hydrogen-bond donors (Lipinski definition) is 2. The van der Waals surface area contributed by atoms with Gasteiger partial charge in [0.05, 0.1) is 6.42 Å². The van der Waals surface area contributed by atoms with Gasteiger partial charge in [0, 0.05) is 49.5 Å². The average Bonchev–Trinajstić information content (AvgIpc) is 3.20. The van der Waals surface area contributed by atoms with Crippen molar-refractivity contribution in [2.24, 2.45) is 28.6 Å². The number of esters is 1. The molecule has 1 heterocycles. The van der Waals surface area contributed by atoms with Crippen molar-refractivity contribution in [3.63, 3.8) is 0 Å². The number of pyridine rings is 1. The number of Topliss-reactive ketones (excluding diaryl/α,β-unsaturated/α-hetero) is 2. The Morgan fingerprint density at radius 2 is 1.82 bits per heavy atom. The summed E-state index contributed by atoms with van der Waals surface area (Å²) >= 11 is 0. The van der Waals surface area contributed by atoms with Crippen molar-refractivity contribution >= 4 is 29.2 Å². The molecular weight excluding hydrogens is 512 g/mol. The van der Waals surface area contributed by atoms with Crippen LogP contribution in [-0.2, 0) is 35.3 Å². The molecule has 1 aromatic heterocycles. The molecule has 0 bridgehead atoms. The van der Waals surface area contributed by atoms with Crippen LogP contribution in [0.3, 0.4) is 0 Å². The molecule has 0 unspecified atom stereocenters. The molecule has 4 aliphatic rings. The summed E-state index contributed by atoms with van der Waals surface area (Å²) in [4.78, 5) is 67.5. The van der Waals surface area contributed by atoms with Crippen LogP contribution < -0.4 is 5.32 Å². The predicted octanol–water partition coefficient (Wildman–Crippen LogP) is 3.03. The predicted molar refractivity (Wildman–Crippen MR) is 143 cm³/mol. The normalized spacial score (nSPS) is 34.7. The van der Waals surface area contributed by atoms with Crippen LogP contribution in [-0.4, -0.2) is 51.5 Å². The highest BCUT2D eigenvalue weighted by molar-refractivity contribution is 5.95. The highest BCUT2D eigenvalue weighted by Gasteiger charge is 2.68. The second kappa shape index (κ2) is 10.7. The third kappa shape index (κ3) is 4.82. The number of aliphatic hydroxyl groups is 1. The third-order valence-electron chi connectivity index (χ3n) is 10.4. The van der Waals surface area contributed by atoms with Crippen LogP contribution in [0.1, 0.15) is 77.2 Å². The van der Waals surface area contributed by atoms with Crippen LogP contribution in [0.5, 0.6) is 0 Å². The number of fused-ring (bicyclic) bond motifs is 5. The number of ether oxygens (including phenoxy) is 1. The van der Waals surface area contributed by atoms with Gasteiger partial charge in [-0.25, -0.2) is 0 Å². The number of aromatic nitrogens is 1. The van der Waals surface area contributed by atoms with Gasteiger partial charge in [-0.2, -0.15) is 0 Å². The first-order valence-corrected chi connectivity index (χ1v) is 14.3. The maximum Gasteiger partial charge on any atom is 0.306 e. The molecule has 0 aromatic carbocycles. The number of ketones is 3. The molecule has 4 aliphatic carbocycles. The van der Waals surface area contributed by atoms with E-state index in [-0.39, 0.29) is 66.3 Å². The van der Waals surface area contributed by atoms with E-state index >= 15 is 0 Å². The number of hydrogen-bond acceptors (Lipinski definition) is 8. The summed E-state index contributed by atoms with van der Waals surface area (Å²) in [5, 5.41) is 14.5. The molecule has 9 nitrogen and oxygen atoms in total. The number of allylic oxidation sites excluding steroid dienone is 1. The topological polar surface area (TPSA) is 140 Å². The Balaban J connectivity index is 1.18. The van der Waals surface area contributed by atoms with Gasteiger partial charge in [0.1, 0.15) is 11.4 Å². The molecule has 3 fully saturated rings. The Hall–Kier alpha value is -3.20. The molecule has 9 heteroatoms. The standard InChI is InChI=1S/C31H38N2O7/c1-29-11-7-21(34)15-20(29)3-4-22-23-8-12-31(39,30(23,2)16-24(35)28(22)29)25(36)18-40-27(38)6-5-26(37)33-17-19-9-13-32-14-10-19/h9-10,13-15,22-23,28,39H,3-8,11-12,16-18H2,1-2H3,(H,33,37)/t22-,23+,28-,29-,30-,31-/m0/s1. The molecular formula is C31H38N2O7. The van der Waals surface area contributed by atoms with Gasteiger partial charge < -0.3 is 15.2 Å². The van der Waals surface area contributed by atoms with Crippen LogP contribution in [0.25, 0.3) is 0 Å². The number of amides is 1. The van der Waals surface area contributed by atoms with Crippen molar-refractivity contribution in [2.45, 2.75) is 83.8 Å². The lowest BCUT2D eigenvalue weighted by Crippen LogP contribution is -2.61. The van der Waals surface area contributed by atoms with Crippen LogP contribution in [0.4, 0.5) is 0 Å². The summed E-state index contributed by atoms with van der Waals surface area (Å²) in [5.74, 6) is -1.61. The van der Waals surface area contributed by atoms with E-state index in [0.29, 0.717) is 25.8 Å². The minimum atomic E-state index is -1.76. The summed E-state index contributed by atoms with van der Waals surface area (Å²) < 4.78 is 5.19. The minimum Gasteiger partial charge on any atom is -0.458 e. The zero-order chi connectivity index (χ0) is 28.7. The highest BCUT2D eigenvalue weighted by Crippen LogP contribution is 2.66. The van der Waals surface area contributed by atoms with E-state index < -0.39 is 29.4 Å². The van der Waals surface area contributed by atoms with Gasteiger partial charge in [0.15, 0.2) is 12.4 Å². The number of nitrogens with zero attached hydrogens (tertiary/aromatic N) is 1. The van der Waals surface area contributed by atoms with Crippen molar-refractivity contribution in [1.29, 1.82) is 0 Å². The monoisotopic (exact) mass is 550 g/mol. The summed E-state index contributed by atoms with van der Waals surface area (Å²) in [6, 6.07) is 3.56. The first-order chi connectivity index (χ1) is 19.0. The van der Waals surface area contributed by atoms with Crippen molar-refractivity contribution < 1.29 is 33.8 Å². The first-order valence-electron chi connectivity index (χ1n) is 14.3. The Bertz CT molecular complexity index is 1260. The summed E-state index contributed by atoms with van der Waals surface area (Å²) in [5.41, 5.74) is -1.10. The van der Waals surface area contributed by atoms with E-state index in [1.165, 1.54) is 0 Å². The second-order valence-corrected chi connectivity index (χ2v) is 12.5. The number of carbonyl (C=O) groups excluding carboxylic acids is 5. The van der Waals surface area contributed by atoms with Crippen LogP contribution in [0, 0.1) is 28.6 Å². The van der Waals surface area contributed by atoms with Crippen molar-refractivity contribution in [1.82, 2.24) is 10.3 Å². The number of rotatable bonds is 8. The quantitative estimate of drug-likeness (QED) is 0.471. The average molecular weight is 551 g/mol. The largest absolute Gasteiger partial charge is 0.458 e. The van der Waals surface area contributed by atoms with Crippen LogP contribution >= 0.6 is 0 Å². The SMILES string of the molecule is C[C@]12CCC(=O)C=C1CC[C@@H]1[C@H]2C(=O)C[C@@]2(C)[C@@H]1CC[C@]2(O)C(=O)COC(=O)CCC(=O)NCc1ccncc1. The van der Waals surface area contributed by atoms with Gasteiger partial charge in [-0.05, 0) is 73.1 Å².